The van der Waals surface area contributed by atoms with Gasteiger partial charge in [-0.15, -0.1) is 0 Å². The number of imide groups is 1. The molecule has 28 heavy (non-hydrogen) atoms. The zero-order valence-corrected chi connectivity index (χ0v) is 16.1. The van der Waals surface area contributed by atoms with Crippen molar-refractivity contribution in [1.29, 1.82) is 0 Å². The average molecular weight is 386 g/mol. The van der Waals surface area contributed by atoms with E-state index in [1.807, 2.05) is 30.3 Å². The average Bonchev–Trinajstić information content (AvgIpc) is 2.85. The molecule has 150 valence electrons. The molecule has 0 atom stereocenters. The van der Waals surface area contributed by atoms with Gasteiger partial charge in [0.2, 0.25) is 11.8 Å². The molecule has 1 aromatic rings. The van der Waals surface area contributed by atoms with Crippen LogP contribution in [-0.4, -0.2) is 64.1 Å². The molecule has 0 radical (unpaired) electrons. The van der Waals surface area contributed by atoms with Crippen LogP contribution in [0.5, 0.6) is 0 Å². The van der Waals surface area contributed by atoms with Crippen molar-refractivity contribution in [3.8, 4) is 0 Å². The highest BCUT2D eigenvalue weighted by Crippen LogP contribution is 2.38. The first-order valence-corrected chi connectivity index (χ1v) is 9.55. The van der Waals surface area contributed by atoms with Crippen LogP contribution < -0.4 is 5.73 Å². The number of rotatable bonds is 6. The van der Waals surface area contributed by atoms with Crippen molar-refractivity contribution in [2.45, 2.75) is 44.2 Å². The number of likely N-dealkylation sites (N-methyl/N-ethyl adjacent to an activating group) is 1. The topological polar surface area (TPSA) is 104 Å². The SMILES string of the molecule is CN1C(=O)N(Cc2ccccc2)C2(CCN(C(=O)CCCC(N)=O)CC2)C1=O. The summed E-state index contributed by atoms with van der Waals surface area (Å²) in [5, 5.41) is 0. The Labute approximate surface area is 164 Å². The molecular weight excluding hydrogens is 360 g/mol. The molecular formula is C20H26N4O4. The van der Waals surface area contributed by atoms with Crippen LogP contribution >= 0.6 is 0 Å². The Balaban J connectivity index is 1.69. The highest BCUT2D eigenvalue weighted by molar-refractivity contribution is 6.06. The first-order chi connectivity index (χ1) is 13.3. The standard InChI is InChI=1S/C20H26N4O4/c1-22-18(27)20(24(19(22)28)14-15-6-3-2-4-7-15)10-12-23(13-11-20)17(26)9-5-8-16(21)25/h2-4,6-7H,5,8-14H2,1H3,(H2,21,25). The highest BCUT2D eigenvalue weighted by Gasteiger charge is 2.56. The van der Waals surface area contributed by atoms with Crippen LogP contribution in [0.1, 0.15) is 37.7 Å². The Morgan fingerprint density at radius 1 is 1.07 bits per heavy atom. The van der Waals surface area contributed by atoms with Crippen molar-refractivity contribution in [3.63, 3.8) is 0 Å². The fourth-order valence-electron chi connectivity index (χ4n) is 4.05. The van der Waals surface area contributed by atoms with Gasteiger partial charge < -0.3 is 15.5 Å². The Hall–Kier alpha value is -2.90. The fourth-order valence-corrected chi connectivity index (χ4v) is 4.05. The molecule has 0 bridgehead atoms. The molecule has 0 aliphatic carbocycles. The number of carbonyl (C=O) groups excluding carboxylic acids is 4. The summed E-state index contributed by atoms with van der Waals surface area (Å²) >= 11 is 0. The van der Waals surface area contributed by atoms with Gasteiger partial charge in [-0.3, -0.25) is 19.3 Å². The lowest BCUT2D eigenvalue weighted by molar-refractivity contribution is -0.140. The van der Waals surface area contributed by atoms with Crippen molar-refractivity contribution in [3.05, 3.63) is 35.9 Å². The van der Waals surface area contributed by atoms with Crippen LogP contribution in [0.3, 0.4) is 0 Å². The number of urea groups is 1. The molecule has 2 saturated heterocycles. The molecule has 0 unspecified atom stereocenters. The van der Waals surface area contributed by atoms with Crippen molar-refractivity contribution in [2.24, 2.45) is 5.73 Å². The van der Waals surface area contributed by atoms with E-state index in [4.69, 9.17) is 5.73 Å². The summed E-state index contributed by atoms with van der Waals surface area (Å²) in [7, 11) is 1.51. The summed E-state index contributed by atoms with van der Waals surface area (Å²) in [6.07, 6.45) is 1.70. The van der Waals surface area contributed by atoms with E-state index < -0.39 is 11.4 Å². The molecule has 2 aliphatic heterocycles. The molecule has 1 aromatic carbocycles. The second-order valence-electron chi connectivity index (χ2n) is 7.45. The van der Waals surface area contributed by atoms with Gasteiger partial charge in [-0.2, -0.15) is 0 Å². The number of carbonyl (C=O) groups is 4. The lowest BCUT2D eigenvalue weighted by Gasteiger charge is -2.42. The summed E-state index contributed by atoms with van der Waals surface area (Å²) in [5.74, 6) is -0.662. The number of benzene rings is 1. The Morgan fingerprint density at radius 3 is 2.32 bits per heavy atom. The van der Waals surface area contributed by atoms with Gasteiger partial charge in [0.25, 0.3) is 5.91 Å². The van der Waals surface area contributed by atoms with Gasteiger partial charge in [-0.1, -0.05) is 30.3 Å². The largest absolute Gasteiger partial charge is 0.370 e. The molecule has 2 fully saturated rings. The van der Waals surface area contributed by atoms with E-state index in [2.05, 4.69) is 0 Å². The lowest BCUT2D eigenvalue weighted by Crippen LogP contribution is -2.57. The maximum absolute atomic E-state index is 12.9. The van der Waals surface area contributed by atoms with Gasteiger partial charge >= 0.3 is 6.03 Å². The first-order valence-electron chi connectivity index (χ1n) is 9.55. The Bertz CT molecular complexity index is 772. The monoisotopic (exact) mass is 386 g/mol. The first kappa shape index (κ1) is 19.9. The second-order valence-corrected chi connectivity index (χ2v) is 7.45. The smallest absolute Gasteiger partial charge is 0.327 e. The molecule has 0 saturated carbocycles. The Morgan fingerprint density at radius 2 is 1.71 bits per heavy atom. The summed E-state index contributed by atoms with van der Waals surface area (Å²) < 4.78 is 0. The minimum atomic E-state index is -0.897. The summed E-state index contributed by atoms with van der Waals surface area (Å²) in [5.41, 5.74) is 5.18. The third-order valence-corrected chi connectivity index (χ3v) is 5.68. The van der Waals surface area contributed by atoms with Crippen molar-refractivity contribution < 1.29 is 19.2 Å². The van der Waals surface area contributed by atoms with Gasteiger partial charge in [0.15, 0.2) is 0 Å². The van der Waals surface area contributed by atoms with Crippen LogP contribution in [0.15, 0.2) is 30.3 Å². The van der Waals surface area contributed by atoms with E-state index in [9.17, 15) is 19.2 Å². The second kappa shape index (κ2) is 8.00. The van der Waals surface area contributed by atoms with Crippen LogP contribution in [0.25, 0.3) is 0 Å². The molecule has 2 N–H and O–H groups in total. The van der Waals surface area contributed by atoms with Crippen LogP contribution in [0.4, 0.5) is 4.79 Å². The van der Waals surface area contributed by atoms with Crippen molar-refractivity contribution >= 4 is 23.8 Å². The van der Waals surface area contributed by atoms with Gasteiger partial charge in [0, 0.05) is 39.5 Å². The molecule has 2 aliphatic rings. The van der Waals surface area contributed by atoms with Gasteiger partial charge in [-0.25, -0.2) is 4.79 Å². The number of nitrogens with zero attached hydrogens (tertiary/aromatic N) is 3. The predicted octanol–water partition coefficient (Wildman–Crippen LogP) is 1.10. The normalized spacial score (nSPS) is 18.8. The summed E-state index contributed by atoms with van der Waals surface area (Å²) in [6.45, 7) is 1.18. The van der Waals surface area contributed by atoms with Crippen molar-refractivity contribution in [2.75, 3.05) is 20.1 Å². The van der Waals surface area contributed by atoms with E-state index >= 15 is 0 Å². The number of nitrogens with two attached hydrogens (primary N) is 1. The van der Waals surface area contributed by atoms with E-state index in [0.717, 1.165) is 5.56 Å². The number of likely N-dealkylation sites (tertiary alicyclic amines) is 1. The van der Waals surface area contributed by atoms with Crippen LogP contribution in [0.2, 0.25) is 0 Å². The third-order valence-electron chi connectivity index (χ3n) is 5.68. The van der Waals surface area contributed by atoms with E-state index in [0.29, 0.717) is 38.9 Å². The number of hydrogen-bond acceptors (Lipinski definition) is 4. The van der Waals surface area contributed by atoms with Gasteiger partial charge in [0.05, 0.1) is 0 Å². The minimum absolute atomic E-state index is 0.0455. The minimum Gasteiger partial charge on any atom is -0.370 e. The molecule has 3 rings (SSSR count). The third kappa shape index (κ3) is 3.72. The number of amides is 5. The number of hydrogen-bond donors (Lipinski definition) is 1. The van der Waals surface area contributed by atoms with E-state index in [-0.39, 0.29) is 30.7 Å². The Kier molecular flexibility index (Phi) is 5.67. The predicted molar refractivity (Wildman–Crippen MR) is 102 cm³/mol. The molecule has 5 amide bonds. The quantitative estimate of drug-likeness (QED) is 0.739. The number of piperidine rings is 1. The lowest BCUT2D eigenvalue weighted by atomic mass is 9.85. The summed E-state index contributed by atoms with van der Waals surface area (Å²) in [6, 6.07) is 9.28. The molecule has 8 nitrogen and oxygen atoms in total. The molecule has 8 heteroatoms. The van der Waals surface area contributed by atoms with E-state index in [1.165, 1.54) is 11.9 Å². The maximum atomic E-state index is 12.9. The number of primary amides is 1. The van der Waals surface area contributed by atoms with Crippen LogP contribution in [-0.2, 0) is 20.9 Å². The zero-order chi connectivity index (χ0) is 20.3. The zero-order valence-electron chi connectivity index (χ0n) is 16.1. The molecule has 1 spiro atoms. The molecule has 0 aromatic heterocycles. The van der Waals surface area contributed by atoms with Gasteiger partial charge in [-0.05, 0) is 24.8 Å². The fraction of sp³-hybridized carbons (Fsp3) is 0.500. The highest BCUT2D eigenvalue weighted by atomic mass is 16.2. The van der Waals surface area contributed by atoms with Gasteiger partial charge in [0.1, 0.15) is 5.54 Å². The molecule has 2 heterocycles. The van der Waals surface area contributed by atoms with Crippen molar-refractivity contribution in [1.82, 2.24) is 14.7 Å². The maximum Gasteiger partial charge on any atom is 0.327 e. The van der Waals surface area contributed by atoms with Crippen LogP contribution in [0, 0.1) is 0 Å². The summed E-state index contributed by atoms with van der Waals surface area (Å²) in [4.78, 5) is 53.4. The van der Waals surface area contributed by atoms with E-state index in [1.54, 1.807) is 9.80 Å².